The summed E-state index contributed by atoms with van der Waals surface area (Å²) >= 11 is 3.38. The van der Waals surface area contributed by atoms with E-state index >= 15 is 0 Å². The second-order valence-corrected chi connectivity index (χ2v) is 7.08. The molecule has 1 heterocycles. The molecule has 0 unspecified atom stereocenters. The molecule has 1 aliphatic carbocycles. The molecule has 0 atom stereocenters. The molecule has 0 saturated heterocycles. The highest BCUT2D eigenvalue weighted by Crippen LogP contribution is 2.27. The number of carbonyl (C=O) groups excluding carboxylic acids is 2. The van der Waals surface area contributed by atoms with Crippen molar-refractivity contribution in [1.29, 1.82) is 0 Å². The number of halogens is 2. The first-order valence-electron chi connectivity index (χ1n) is 8.43. The number of ether oxygens (including phenoxy) is 1. The molecule has 1 amide bonds. The summed E-state index contributed by atoms with van der Waals surface area (Å²) in [6, 6.07) is 5.16. The van der Waals surface area contributed by atoms with Crippen molar-refractivity contribution >= 4 is 40.0 Å². The van der Waals surface area contributed by atoms with Crippen molar-refractivity contribution in [3.63, 3.8) is 0 Å². The van der Waals surface area contributed by atoms with Gasteiger partial charge in [-0.2, -0.15) is 0 Å². The molecule has 1 fully saturated rings. The minimum Gasteiger partial charge on any atom is -0.473 e. The molecule has 8 nitrogen and oxygen atoms in total. The number of hydrogen-bond donors (Lipinski definition) is 1. The molecule has 3 rings (SSSR count). The minimum atomic E-state index is -0.596. The molecule has 10 heteroatoms. The Bertz CT molecular complexity index is 903. The van der Waals surface area contributed by atoms with Crippen molar-refractivity contribution in [1.82, 2.24) is 15.0 Å². The molecular formula is C18H17BrFN5O3. The summed E-state index contributed by atoms with van der Waals surface area (Å²) in [6.07, 6.45) is 4.52. The molecule has 0 aliphatic heterocycles. The molecule has 1 aromatic carbocycles. The van der Waals surface area contributed by atoms with Crippen molar-refractivity contribution in [3.05, 3.63) is 52.0 Å². The van der Waals surface area contributed by atoms with Crippen molar-refractivity contribution in [2.75, 3.05) is 18.9 Å². The van der Waals surface area contributed by atoms with E-state index in [1.54, 1.807) is 25.2 Å². The van der Waals surface area contributed by atoms with Crippen LogP contribution in [0.4, 0.5) is 10.3 Å². The van der Waals surface area contributed by atoms with Crippen LogP contribution in [0.15, 0.2) is 40.2 Å². The SMILES string of the molecule is CN(CC(=O)Nc1ncc(F)cn1)/N=C(/OC1CC1)c1cc(Br)ccc1C=O. The Kier molecular flexibility index (Phi) is 6.30. The Morgan fingerprint density at radius 2 is 2.14 bits per heavy atom. The summed E-state index contributed by atoms with van der Waals surface area (Å²) in [5, 5.41) is 8.19. The van der Waals surface area contributed by atoms with Gasteiger partial charge in [-0.05, 0) is 31.0 Å². The number of nitrogens with zero attached hydrogens (tertiary/aromatic N) is 4. The van der Waals surface area contributed by atoms with Crippen LogP contribution in [0.1, 0.15) is 28.8 Å². The smallest absolute Gasteiger partial charge is 0.248 e. The second-order valence-electron chi connectivity index (χ2n) is 6.16. The fourth-order valence-corrected chi connectivity index (χ4v) is 2.60. The molecular weight excluding hydrogens is 433 g/mol. The maximum absolute atomic E-state index is 12.8. The number of hydrogen-bond acceptors (Lipinski definition) is 7. The van der Waals surface area contributed by atoms with Gasteiger partial charge in [-0.15, -0.1) is 5.10 Å². The van der Waals surface area contributed by atoms with Crippen LogP contribution in [0, 0.1) is 5.82 Å². The van der Waals surface area contributed by atoms with Crippen LogP contribution in [0.5, 0.6) is 0 Å². The number of nitrogens with one attached hydrogen (secondary N) is 1. The van der Waals surface area contributed by atoms with Gasteiger partial charge >= 0.3 is 0 Å². The Balaban J connectivity index is 1.74. The number of anilines is 1. The molecule has 0 radical (unpaired) electrons. The number of aromatic nitrogens is 2. The van der Waals surface area contributed by atoms with Gasteiger partial charge in [0.05, 0.1) is 12.4 Å². The number of likely N-dealkylation sites (N-methyl/N-ethyl adjacent to an activating group) is 1. The quantitative estimate of drug-likeness (QED) is 0.302. The van der Waals surface area contributed by atoms with Gasteiger partial charge in [0.25, 0.3) is 0 Å². The molecule has 1 N–H and O–H groups in total. The van der Waals surface area contributed by atoms with E-state index in [-0.39, 0.29) is 24.5 Å². The summed E-state index contributed by atoms with van der Waals surface area (Å²) in [5.41, 5.74) is 0.963. The van der Waals surface area contributed by atoms with Gasteiger partial charge in [-0.1, -0.05) is 15.9 Å². The highest BCUT2D eigenvalue weighted by molar-refractivity contribution is 9.10. The summed E-state index contributed by atoms with van der Waals surface area (Å²) < 4.78 is 19.5. The van der Waals surface area contributed by atoms with Crippen molar-refractivity contribution in [2.45, 2.75) is 18.9 Å². The number of amides is 1. The van der Waals surface area contributed by atoms with Crippen molar-refractivity contribution < 1.29 is 18.7 Å². The number of benzene rings is 1. The lowest BCUT2D eigenvalue weighted by Crippen LogP contribution is -2.29. The van der Waals surface area contributed by atoms with Crippen LogP contribution < -0.4 is 5.32 Å². The minimum absolute atomic E-state index is 0.00605. The predicted octanol–water partition coefficient (Wildman–Crippen LogP) is 2.60. The summed E-state index contributed by atoms with van der Waals surface area (Å²) in [6.45, 7) is -0.122. The van der Waals surface area contributed by atoms with Crippen LogP contribution >= 0.6 is 15.9 Å². The standard InChI is InChI=1S/C18H17BrFN5O3/c1-25(9-16(27)23-18-21-7-13(20)8-22-18)24-17(28-14-4-5-14)15-6-12(19)3-2-11(15)10-26/h2-3,6-8,10,14H,4-5,9H2,1H3,(H,21,22,23,27)/b24-17+. The summed E-state index contributed by atoms with van der Waals surface area (Å²) in [5.74, 6) is -0.775. The lowest BCUT2D eigenvalue weighted by Gasteiger charge is -2.17. The third-order valence-electron chi connectivity index (χ3n) is 3.68. The van der Waals surface area contributed by atoms with Crippen molar-refractivity contribution in [2.24, 2.45) is 5.10 Å². The number of carbonyl (C=O) groups is 2. The summed E-state index contributed by atoms with van der Waals surface area (Å²) in [4.78, 5) is 30.9. The highest BCUT2D eigenvalue weighted by atomic mass is 79.9. The Morgan fingerprint density at radius 3 is 2.79 bits per heavy atom. The van der Waals surface area contributed by atoms with Gasteiger partial charge in [0.15, 0.2) is 12.1 Å². The third-order valence-corrected chi connectivity index (χ3v) is 4.17. The normalized spacial score (nSPS) is 13.8. The maximum Gasteiger partial charge on any atom is 0.248 e. The van der Waals surface area contributed by atoms with Crippen LogP contribution in [-0.4, -0.2) is 52.8 Å². The lowest BCUT2D eigenvalue weighted by atomic mass is 10.1. The zero-order chi connectivity index (χ0) is 20.1. The van der Waals surface area contributed by atoms with Gasteiger partial charge in [0.2, 0.25) is 17.8 Å². The van der Waals surface area contributed by atoms with Gasteiger partial charge < -0.3 is 4.74 Å². The van der Waals surface area contributed by atoms with Crippen LogP contribution in [-0.2, 0) is 9.53 Å². The highest BCUT2D eigenvalue weighted by Gasteiger charge is 2.27. The van der Waals surface area contributed by atoms with Gasteiger partial charge in [0, 0.05) is 22.6 Å². The first kappa shape index (κ1) is 19.9. The fraction of sp³-hybridized carbons (Fsp3) is 0.278. The first-order valence-corrected chi connectivity index (χ1v) is 9.23. The Hall–Kier alpha value is -2.88. The van der Waals surface area contributed by atoms with E-state index in [2.05, 4.69) is 36.3 Å². The molecule has 1 aliphatic rings. The van der Waals surface area contributed by atoms with E-state index in [0.29, 0.717) is 11.1 Å². The first-order chi connectivity index (χ1) is 13.4. The number of rotatable bonds is 7. The van der Waals surface area contributed by atoms with Gasteiger partial charge in [-0.25, -0.2) is 14.4 Å². The van der Waals surface area contributed by atoms with Crippen LogP contribution in [0.25, 0.3) is 0 Å². The largest absolute Gasteiger partial charge is 0.473 e. The Labute approximate surface area is 168 Å². The van der Waals surface area contributed by atoms with E-state index in [9.17, 15) is 14.0 Å². The van der Waals surface area contributed by atoms with Gasteiger partial charge in [-0.3, -0.25) is 19.9 Å². The lowest BCUT2D eigenvalue weighted by molar-refractivity contribution is -0.117. The number of aldehydes is 1. The Morgan fingerprint density at radius 1 is 1.43 bits per heavy atom. The van der Waals surface area contributed by atoms with Gasteiger partial charge in [0.1, 0.15) is 12.6 Å². The topological polar surface area (TPSA) is 96.8 Å². The van der Waals surface area contributed by atoms with E-state index in [1.807, 2.05) is 0 Å². The van der Waals surface area contributed by atoms with Crippen LogP contribution in [0.3, 0.4) is 0 Å². The molecule has 1 aromatic heterocycles. The fourth-order valence-electron chi connectivity index (χ4n) is 2.24. The predicted molar refractivity (Wildman–Crippen MR) is 103 cm³/mol. The maximum atomic E-state index is 12.8. The van der Waals surface area contributed by atoms with E-state index in [1.165, 1.54) is 5.01 Å². The molecule has 146 valence electrons. The average Bonchev–Trinajstić information content (AvgIpc) is 3.47. The molecule has 1 saturated carbocycles. The zero-order valence-electron chi connectivity index (χ0n) is 14.9. The van der Waals surface area contributed by atoms with Crippen molar-refractivity contribution in [3.8, 4) is 0 Å². The molecule has 0 spiro atoms. The molecule has 2 aromatic rings. The van der Waals surface area contributed by atoms with E-state index in [0.717, 1.165) is 36.0 Å². The van der Waals surface area contributed by atoms with E-state index < -0.39 is 11.7 Å². The summed E-state index contributed by atoms with van der Waals surface area (Å²) in [7, 11) is 1.60. The third kappa shape index (κ3) is 5.56. The van der Waals surface area contributed by atoms with Crippen LogP contribution in [0.2, 0.25) is 0 Å². The molecule has 28 heavy (non-hydrogen) atoms. The number of hydrazone groups is 1. The van der Waals surface area contributed by atoms with E-state index in [4.69, 9.17) is 4.74 Å². The molecule has 0 bridgehead atoms. The monoisotopic (exact) mass is 449 g/mol. The zero-order valence-corrected chi connectivity index (χ0v) is 16.5. The average molecular weight is 450 g/mol. The second kappa shape index (κ2) is 8.87.